The van der Waals surface area contributed by atoms with Crippen LogP contribution in [0.5, 0.6) is 0 Å². The number of hydrogen-bond acceptors (Lipinski definition) is 4. The number of hydrogen-bond donors (Lipinski definition) is 0. The zero-order valence-corrected chi connectivity index (χ0v) is 30.3. The molecule has 4 aromatic carbocycles. The highest BCUT2D eigenvalue weighted by atomic mass is 19.4. The van der Waals surface area contributed by atoms with Crippen molar-refractivity contribution < 1.29 is 61.6 Å². The minimum atomic E-state index is -5.80. The van der Waals surface area contributed by atoms with Crippen LogP contribution in [-0.2, 0) is 37.5 Å². The molecule has 0 fully saturated rings. The maximum Gasteiger partial charge on any atom is 0.461 e. The van der Waals surface area contributed by atoms with E-state index in [9.17, 15) is 43.9 Å². The van der Waals surface area contributed by atoms with Gasteiger partial charge in [0, 0.05) is 37.1 Å². The molecule has 60 heavy (non-hydrogen) atoms. The topological polar surface area (TPSA) is 52.6 Å². The van der Waals surface area contributed by atoms with Gasteiger partial charge in [0.25, 0.3) is 0 Å². The van der Waals surface area contributed by atoms with E-state index >= 15 is 0 Å². The molecular formula is C46H22F10O4. The molecule has 0 saturated carbocycles. The van der Waals surface area contributed by atoms with E-state index in [2.05, 4.69) is 48.5 Å². The minimum Gasteiger partial charge on any atom is -0.453 e. The number of benzene rings is 4. The summed E-state index contributed by atoms with van der Waals surface area (Å²) in [5.74, 6) is -12.7. The Morgan fingerprint density at radius 2 is 0.733 bits per heavy atom. The molecule has 0 atom stereocenters. The van der Waals surface area contributed by atoms with Crippen LogP contribution in [0.25, 0.3) is 78.3 Å². The van der Waals surface area contributed by atoms with Crippen molar-refractivity contribution >= 4 is 78.3 Å². The predicted octanol–water partition coefficient (Wildman–Crippen LogP) is 14.2. The summed E-state index contributed by atoms with van der Waals surface area (Å²) in [6.07, 6.45) is -5.29. The van der Waals surface area contributed by atoms with Crippen molar-refractivity contribution in [3.63, 3.8) is 0 Å². The van der Waals surface area contributed by atoms with Gasteiger partial charge in [-0.2, -0.15) is 43.9 Å². The largest absolute Gasteiger partial charge is 0.461 e. The molecule has 12 rings (SSSR count). The van der Waals surface area contributed by atoms with Crippen molar-refractivity contribution in [2.75, 3.05) is 0 Å². The van der Waals surface area contributed by atoms with Gasteiger partial charge in [-0.15, -0.1) is 0 Å². The molecular weight excluding hydrogens is 806 g/mol. The van der Waals surface area contributed by atoms with E-state index in [4.69, 9.17) is 17.7 Å². The molecule has 0 N–H and O–H groups in total. The highest BCUT2D eigenvalue weighted by molar-refractivity contribution is 6.08. The summed E-state index contributed by atoms with van der Waals surface area (Å²) in [5.41, 5.74) is 12.0. The maximum atomic E-state index is 13.8. The van der Waals surface area contributed by atoms with Crippen molar-refractivity contribution in [1.82, 2.24) is 0 Å². The van der Waals surface area contributed by atoms with Gasteiger partial charge >= 0.3 is 24.2 Å². The van der Waals surface area contributed by atoms with E-state index in [0.717, 1.165) is 67.8 Å². The van der Waals surface area contributed by atoms with E-state index in [0.29, 0.717) is 36.5 Å². The first-order valence-electron chi connectivity index (χ1n) is 18.7. The maximum absolute atomic E-state index is 13.8. The monoisotopic (exact) mass is 828 g/mol. The lowest BCUT2D eigenvalue weighted by Gasteiger charge is -2.16. The molecule has 0 aliphatic heterocycles. The predicted molar refractivity (Wildman–Crippen MR) is 202 cm³/mol. The lowest BCUT2D eigenvalue weighted by atomic mass is 9.92. The van der Waals surface area contributed by atoms with Crippen LogP contribution >= 0.6 is 0 Å². The Balaban J connectivity index is 0.815. The van der Waals surface area contributed by atoms with Crippen molar-refractivity contribution in [3.05, 3.63) is 140 Å². The summed E-state index contributed by atoms with van der Waals surface area (Å²) < 4.78 is 154. The van der Waals surface area contributed by atoms with Crippen LogP contribution in [-0.4, -0.2) is 12.4 Å². The molecule has 4 aliphatic carbocycles. The van der Waals surface area contributed by atoms with Crippen LogP contribution in [0.1, 0.15) is 67.5 Å². The third-order valence-corrected chi connectivity index (χ3v) is 12.2. The van der Waals surface area contributed by atoms with E-state index in [-0.39, 0.29) is 22.3 Å². The average molecular weight is 829 g/mol. The molecule has 14 heteroatoms. The molecule has 0 amide bonds. The first-order chi connectivity index (χ1) is 28.4. The van der Waals surface area contributed by atoms with Gasteiger partial charge < -0.3 is 17.7 Å². The second kappa shape index (κ2) is 11.2. The lowest BCUT2D eigenvalue weighted by Crippen LogP contribution is -2.33. The summed E-state index contributed by atoms with van der Waals surface area (Å²) >= 11 is 0. The molecule has 0 saturated heterocycles. The summed E-state index contributed by atoms with van der Waals surface area (Å²) in [4.78, 5) is 0. The number of fused-ring (bicyclic) bond motifs is 10. The third-order valence-electron chi connectivity index (χ3n) is 12.2. The van der Waals surface area contributed by atoms with Gasteiger partial charge in [0.05, 0.1) is 0 Å². The Morgan fingerprint density at radius 1 is 0.367 bits per heavy atom. The second-order valence-corrected chi connectivity index (χ2v) is 15.9. The van der Waals surface area contributed by atoms with Gasteiger partial charge in [-0.05, 0) is 138 Å². The van der Waals surface area contributed by atoms with Gasteiger partial charge in [-0.3, -0.25) is 0 Å². The van der Waals surface area contributed by atoms with Crippen molar-refractivity contribution in [2.24, 2.45) is 0 Å². The average Bonchev–Trinajstić information content (AvgIpc) is 4.02. The van der Waals surface area contributed by atoms with Gasteiger partial charge in [0.1, 0.15) is 11.5 Å². The Morgan fingerprint density at radius 3 is 1.12 bits per heavy atom. The Labute approximate surface area is 329 Å². The molecule has 0 radical (unpaired) electrons. The third kappa shape index (κ3) is 4.93. The molecule has 0 unspecified atom stereocenters. The summed E-state index contributed by atoms with van der Waals surface area (Å²) in [6.45, 7) is 0. The lowest BCUT2D eigenvalue weighted by molar-refractivity contribution is -0.295. The molecule has 4 aliphatic rings. The molecule has 4 heterocycles. The number of alkyl halides is 10. The fraction of sp³-hybridized carbons (Fsp3) is 0.174. The first-order valence-corrected chi connectivity index (χ1v) is 18.7. The normalized spacial score (nSPS) is 16.4. The highest BCUT2D eigenvalue weighted by Gasteiger charge is 2.62. The summed E-state index contributed by atoms with van der Waals surface area (Å²) in [5, 5.41) is 4.18. The Kier molecular flexibility index (Phi) is 6.64. The quantitative estimate of drug-likeness (QED) is 0.166. The van der Waals surface area contributed by atoms with E-state index in [1.165, 1.54) is 45.5 Å². The number of furan rings is 4. The molecule has 4 nitrogen and oxygen atoms in total. The number of halogens is 10. The van der Waals surface area contributed by atoms with Crippen LogP contribution < -0.4 is 0 Å². The Bertz CT molecular complexity index is 3070. The van der Waals surface area contributed by atoms with Crippen molar-refractivity contribution in [1.29, 1.82) is 0 Å². The highest BCUT2D eigenvalue weighted by Crippen LogP contribution is 2.51. The van der Waals surface area contributed by atoms with Crippen LogP contribution in [0.2, 0.25) is 0 Å². The van der Waals surface area contributed by atoms with Crippen LogP contribution in [0, 0.1) is 0 Å². The SMILES string of the molecule is FC(F)(F)C(F)(F)c1cc2oc(C3=Cc4cc5cc6c(cc5cc4C3)CC3=C6Cc4cc5cc6c(cc5cc43)C=C(c3cc4oc(C(F)(F)C(F)(F)F)cc4o3)C6)cc2o1. The van der Waals surface area contributed by atoms with Gasteiger partial charge in [0.2, 0.25) is 0 Å². The fourth-order valence-electron chi connectivity index (χ4n) is 9.24. The number of allylic oxidation sites excluding steroid dienone is 4. The van der Waals surface area contributed by atoms with E-state index < -0.39 is 35.7 Å². The number of rotatable bonds is 4. The first kappa shape index (κ1) is 35.5. The smallest absolute Gasteiger partial charge is 0.453 e. The Hall–Kier alpha value is -6.44. The van der Waals surface area contributed by atoms with Crippen molar-refractivity contribution in [2.45, 2.75) is 49.9 Å². The van der Waals surface area contributed by atoms with E-state index in [1.54, 1.807) is 0 Å². The van der Waals surface area contributed by atoms with Crippen LogP contribution in [0.4, 0.5) is 43.9 Å². The van der Waals surface area contributed by atoms with Gasteiger partial charge in [-0.25, -0.2) is 0 Å². The molecule has 0 spiro atoms. The van der Waals surface area contributed by atoms with Crippen molar-refractivity contribution in [3.8, 4) is 0 Å². The summed E-state index contributed by atoms with van der Waals surface area (Å²) in [6, 6.07) is 21.1. The minimum absolute atomic E-state index is 0.192. The molecule has 8 aromatic rings. The second-order valence-electron chi connectivity index (χ2n) is 15.9. The van der Waals surface area contributed by atoms with Gasteiger partial charge in [0.15, 0.2) is 33.9 Å². The molecule has 0 bridgehead atoms. The molecule has 4 aromatic heterocycles. The fourth-order valence-corrected chi connectivity index (χ4v) is 9.24. The zero-order chi connectivity index (χ0) is 41.4. The van der Waals surface area contributed by atoms with E-state index in [1.807, 2.05) is 12.2 Å². The van der Waals surface area contributed by atoms with Crippen LogP contribution in [0.15, 0.2) is 90.5 Å². The summed E-state index contributed by atoms with van der Waals surface area (Å²) in [7, 11) is 0. The standard InChI is InChI=1S/C46H22F10O4/c47-43(48,45(51,52)53)41-17-39-37(59-41)15-35(57-39)29-7-21-1-19-5-27-13-33-32-12-26-4-24-10-30(36-16-38-40(58-36)18-42(60-38)44(49,50)46(54,55)56)8-22(24)2-20(26)6-28(32)14-34(33)31(27)11-25(19)3-23(21)9-29/h1-6,9-12,15-18H,7-8,13-14H2. The zero-order valence-electron chi connectivity index (χ0n) is 30.3. The molecule has 300 valence electrons. The van der Waals surface area contributed by atoms with Gasteiger partial charge in [-0.1, -0.05) is 24.3 Å². The van der Waals surface area contributed by atoms with Crippen LogP contribution in [0.3, 0.4) is 0 Å².